The highest BCUT2D eigenvalue weighted by Gasteiger charge is 2.28. The van der Waals surface area contributed by atoms with Gasteiger partial charge in [-0.2, -0.15) is 0 Å². The number of fused-ring (bicyclic) bond motifs is 1. The number of aromatic amines is 1. The van der Waals surface area contributed by atoms with Gasteiger partial charge in [0.05, 0.1) is 16.8 Å². The Morgan fingerprint density at radius 1 is 0.857 bits per heavy atom. The summed E-state index contributed by atoms with van der Waals surface area (Å²) in [6.07, 6.45) is 0. The summed E-state index contributed by atoms with van der Waals surface area (Å²) in [5, 5.41) is 0. The highest BCUT2D eigenvalue weighted by molar-refractivity contribution is 5.89. The number of nitrogens with zero attached hydrogens (tertiary/aromatic N) is 1. The predicted octanol–water partition coefficient (Wildman–Crippen LogP) is 3.51. The van der Waals surface area contributed by atoms with Gasteiger partial charge >= 0.3 is 0 Å². The first-order valence-electron chi connectivity index (χ1n) is 5.67. The summed E-state index contributed by atoms with van der Waals surface area (Å²) >= 11 is 0. The quantitative estimate of drug-likeness (QED) is 0.313. The summed E-state index contributed by atoms with van der Waals surface area (Å²) in [6, 6.07) is 4.55. The van der Waals surface area contributed by atoms with Crippen LogP contribution in [0.25, 0.3) is 22.4 Å². The lowest BCUT2D eigenvalue weighted by molar-refractivity contribution is 0.381. The van der Waals surface area contributed by atoms with Crippen molar-refractivity contribution in [2.24, 2.45) is 0 Å². The number of hydrogen-bond acceptors (Lipinski definition) is 2. The molecule has 8 heteroatoms. The molecule has 1 heterocycles. The molecule has 0 spiro atoms. The molecule has 0 amide bonds. The van der Waals surface area contributed by atoms with E-state index in [1.165, 1.54) is 12.1 Å². The van der Waals surface area contributed by atoms with Crippen LogP contribution < -0.4 is 5.73 Å². The van der Waals surface area contributed by atoms with Crippen LogP contribution in [-0.2, 0) is 0 Å². The average Bonchev–Trinajstić information content (AvgIpc) is 2.88. The third-order valence-electron chi connectivity index (χ3n) is 2.99. The summed E-state index contributed by atoms with van der Waals surface area (Å²) in [6.45, 7) is 0. The van der Waals surface area contributed by atoms with E-state index >= 15 is 0 Å². The zero-order chi connectivity index (χ0) is 15.3. The topological polar surface area (TPSA) is 54.7 Å². The number of aromatic nitrogens is 2. The SMILES string of the molecule is Nc1cccc2[nH]c(-c3c(F)c(F)c(F)c(F)c3F)nc12. The van der Waals surface area contributed by atoms with Crippen LogP contribution in [0, 0.1) is 29.1 Å². The Labute approximate surface area is 114 Å². The third kappa shape index (κ3) is 1.83. The van der Waals surface area contributed by atoms with Crippen molar-refractivity contribution in [3.63, 3.8) is 0 Å². The number of anilines is 1. The van der Waals surface area contributed by atoms with Gasteiger partial charge in [0.15, 0.2) is 23.3 Å². The molecule has 0 aliphatic rings. The van der Waals surface area contributed by atoms with Gasteiger partial charge in [-0.15, -0.1) is 0 Å². The molecule has 0 saturated carbocycles. The second-order valence-electron chi connectivity index (χ2n) is 4.27. The van der Waals surface area contributed by atoms with E-state index in [0.717, 1.165) is 0 Å². The second kappa shape index (κ2) is 4.44. The molecule has 0 aliphatic heterocycles. The maximum Gasteiger partial charge on any atom is 0.200 e. The fourth-order valence-corrected chi connectivity index (χ4v) is 1.99. The maximum atomic E-state index is 13.7. The van der Waals surface area contributed by atoms with E-state index in [4.69, 9.17) is 5.73 Å². The number of hydrogen-bond donors (Lipinski definition) is 2. The van der Waals surface area contributed by atoms with E-state index in [-0.39, 0.29) is 11.2 Å². The van der Waals surface area contributed by atoms with Gasteiger partial charge in [-0.25, -0.2) is 26.9 Å². The van der Waals surface area contributed by atoms with Crippen LogP contribution in [-0.4, -0.2) is 9.97 Å². The Balaban J connectivity index is 2.35. The molecular formula is C13H6F5N3. The van der Waals surface area contributed by atoms with Crippen LogP contribution in [0.2, 0.25) is 0 Å². The van der Waals surface area contributed by atoms with Gasteiger partial charge in [0.25, 0.3) is 0 Å². The molecular weight excluding hydrogens is 293 g/mol. The first-order chi connectivity index (χ1) is 9.91. The van der Waals surface area contributed by atoms with Crippen molar-refractivity contribution < 1.29 is 22.0 Å². The molecule has 0 fully saturated rings. The normalized spacial score (nSPS) is 11.3. The van der Waals surface area contributed by atoms with Crippen molar-refractivity contribution >= 4 is 16.7 Å². The molecule has 0 saturated heterocycles. The number of nitrogens with one attached hydrogen (secondary N) is 1. The molecule has 3 rings (SSSR count). The largest absolute Gasteiger partial charge is 0.397 e. The minimum Gasteiger partial charge on any atom is -0.397 e. The van der Waals surface area contributed by atoms with Crippen molar-refractivity contribution in [1.82, 2.24) is 9.97 Å². The molecule has 3 nitrogen and oxygen atoms in total. The van der Waals surface area contributed by atoms with Gasteiger partial charge in [-0.05, 0) is 12.1 Å². The Morgan fingerprint density at radius 3 is 2.00 bits per heavy atom. The van der Waals surface area contributed by atoms with Crippen LogP contribution in [0.1, 0.15) is 0 Å². The number of benzene rings is 2. The number of halogens is 5. The van der Waals surface area contributed by atoms with Crippen molar-refractivity contribution in [3.8, 4) is 11.4 Å². The maximum absolute atomic E-state index is 13.7. The highest BCUT2D eigenvalue weighted by atomic mass is 19.2. The monoisotopic (exact) mass is 299 g/mol. The van der Waals surface area contributed by atoms with Crippen molar-refractivity contribution in [1.29, 1.82) is 0 Å². The fraction of sp³-hybridized carbons (Fsp3) is 0. The molecule has 1 aromatic heterocycles. The van der Waals surface area contributed by atoms with Crippen LogP contribution in [0.4, 0.5) is 27.6 Å². The van der Waals surface area contributed by atoms with Crippen LogP contribution >= 0.6 is 0 Å². The highest BCUT2D eigenvalue weighted by Crippen LogP contribution is 2.31. The first-order valence-corrected chi connectivity index (χ1v) is 5.67. The minimum atomic E-state index is -2.22. The molecule has 2 aromatic carbocycles. The van der Waals surface area contributed by atoms with E-state index in [9.17, 15) is 22.0 Å². The number of nitrogen functional groups attached to an aromatic ring is 1. The summed E-state index contributed by atoms with van der Waals surface area (Å²) in [5.41, 5.74) is 5.20. The standard InChI is InChI=1S/C13H6F5N3/c14-7-6(8(15)10(17)11(18)9(7)16)13-20-5-3-1-2-4(19)12(5)21-13/h1-3H,19H2,(H,20,21). The molecule has 3 aromatic rings. The van der Waals surface area contributed by atoms with Gasteiger partial charge in [0, 0.05) is 0 Å². The summed E-state index contributed by atoms with van der Waals surface area (Å²) < 4.78 is 66.8. The average molecular weight is 299 g/mol. The van der Waals surface area contributed by atoms with E-state index in [1.54, 1.807) is 6.07 Å². The van der Waals surface area contributed by atoms with Gasteiger partial charge in [0.1, 0.15) is 11.3 Å². The first kappa shape index (κ1) is 13.3. The molecule has 108 valence electrons. The van der Waals surface area contributed by atoms with E-state index in [0.29, 0.717) is 5.52 Å². The molecule has 21 heavy (non-hydrogen) atoms. The molecule has 0 bridgehead atoms. The Morgan fingerprint density at radius 2 is 1.43 bits per heavy atom. The van der Waals surface area contributed by atoms with Gasteiger partial charge in [0.2, 0.25) is 5.82 Å². The smallest absolute Gasteiger partial charge is 0.200 e. The van der Waals surface area contributed by atoms with E-state index in [2.05, 4.69) is 9.97 Å². The van der Waals surface area contributed by atoms with Crippen molar-refractivity contribution in [2.75, 3.05) is 5.73 Å². The van der Waals surface area contributed by atoms with Crippen LogP contribution in [0.3, 0.4) is 0 Å². The zero-order valence-corrected chi connectivity index (χ0v) is 10.1. The summed E-state index contributed by atoms with van der Waals surface area (Å²) in [7, 11) is 0. The minimum absolute atomic E-state index is 0.177. The molecule has 3 N–H and O–H groups in total. The number of nitrogens with two attached hydrogens (primary N) is 1. The Bertz CT molecular complexity index is 843. The number of imidazole rings is 1. The van der Waals surface area contributed by atoms with E-state index < -0.39 is 40.5 Å². The Kier molecular flexibility index (Phi) is 2.82. The summed E-state index contributed by atoms with van der Waals surface area (Å²) in [4.78, 5) is 6.28. The number of para-hydroxylation sites is 1. The van der Waals surface area contributed by atoms with E-state index in [1.807, 2.05) is 0 Å². The molecule has 0 aliphatic carbocycles. The molecule has 0 unspecified atom stereocenters. The number of rotatable bonds is 1. The predicted molar refractivity (Wildman–Crippen MR) is 65.7 cm³/mol. The summed E-state index contributed by atoms with van der Waals surface area (Å²) in [5.74, 6) is -10.7. The van der Waals surface area contributed by atoms with Crippen molar-refractivity contribution in [2.45, 2.75) is 0 Å². The molecule has 0 radical (unpaired) electrons. The Hall–Kier alpha value is -2.64. The van der Waals surface area contributed by atoms with Gasteiger partial charge in [-0.1, -0.05) is 6.07 Å². The lowest BCUT2D eigenvalue weighted by Gasteiger charge is -2.05. The zero-order valence-electron chi connectivity index (χ0n) is 10.1. The van der Waals surface area contributed by atoms with Crippen LogP contribution in [0.5, 0.6) is 0 Å². The van der Waals surface area contributed by atoms with Crippen LogP contribution in [0.15, 0.2) is 18.2 Å². The number of H-pyrrole nitrogens is 1. The second-order valence-corrected chi connectivity index (χ2v) is 4.27. The third-order valence-corrected chi connectivity index (χ3v) is 2.99. The van der Waals surface area contributed by atoms with Gasteiger partial charge in [-0.3, -0.25) is 0 Å². The van der Waals surface area contributed by atoms with Gasteiger partial charge < -0.3 is 10.7 Å². The molecule has 0 atom stereocenters. The van der Waals surface area contributed by atoms with Crippen molar-refractivity contribution in [3.05, 3.63) is 47.3 Å². The fourth-order valence-electron chi connectivity index (χ4n) is 1.99. The lowest BCUT2D eigenvalue weighted by Crippen LogP contribution is -2.04. The lowest BCUT2D eigenvalue weighted by atomic mass is 10.1.